The Morgan fingerprint density at radius 1 is 0.895 bits per heavy atom. The highest BCUT2D eigenvalue weighted by Gasteiger charge is 2.33. The van der Waals surface area contributed by atoms with Crippen molar-refractivity contribution in [2.24, 2.45) is 4.99 Å². The lowest BCUT2D eigenvalue weighted by molar-refractivity contribution is -0.113. The van der Waals surface area contributed by atoms with Crippen LogP contribution in [0, 0.1) is 0 Å². The molecular formula is C31H23N3O3S. The lowest BCUT2D eigenvalue weighted by Gasteiger charge is -2.16. The lowest BCUT2D eigenvalue weighted by atomic mass is 10.1. The molecular weight excluding hydrogens is 494 g/mol. The van der Waals surface area contributed by atoms with Gasteiger partial charge in [0.15, 0.2) is 11.5 Å². The number of H-pyrrole nitrogens is 1. The predicted molar refractivity (Wildman–Crippen MR) is 152 cm³/mol. The fourth-order valence-electron chi connectivity index (χ4n) is 4.37. The molecule has 7 heteroatoms. The summed E-state index contributed by atoms with van der Waals surface area (Å²) in [4.78, 5) is 25.8. The molecule has 6 rings (SSSR count). The van der Waals surface area contributed by atoms with E-state index in [9.17, 15) is 9.90 Å². The number of aromatic hydroxyl groups is 1. The van der Waals surface area contributed by atoms with Gasteiger partial charge in [0.2, 0.25) is 0 Å². The van der Waals surface area contributed by atoms with Gasteiger partial charge in [-0.25, -0.2) is 9.89 Å². The van der Waals surface area contributed by atoms with E-state index >= 15 is 0 Å². The number of carbonyl (C=O) groups excluding carboxylic acids is 1. The Bertz CT molecular complexity index is 1710. The summed E-state index contributed by atoms with van der Waals surface area (Å²) < 4.78 is 5.22. The second kappa shape index (κ2) is 9.95. The van der Waals surface area contributed by atoms with E-state index in [4.69, 9.17) is 9.73 Å². The van der Waals surface area contributed by atoms with Crippen molar-refractivity contribution in [2.45, 2.75) is 9.79 Å². The second-order valence-corrected chi connectivity index (χ2v) is 9.87. The maximum Gasteiger partial charge on any atom is 0.283 e. The Labute approximate surface area is 223 Å². The van der Waals surface area contributed by atoms with Crippen LogP contribution in [0.25, 0.3) is 17.0 Å². The zero-order chi connectivity index (χ0) is 26.1. The molecule has 0 saturated heterocycles. The van der Waals surface area contributed by atoms with Crippen LogP contribution in [-0.2, 0) is 4.79 Å². The number of benzene rings is 4. The molecule has 0 saturated carbocycles. The number of hydrogen-bond donors (Lipinski definition) is 2. The fourth-order valence-corrected chi connectivity index (χ4v) is 5.25. The average molecular weight is 518 g/mol. The number of amides is 1. The number of aliphatic imine (C=N–C) groups is 1. The van der Waals surface area contributed by atoms with Crippen molar-refractivity contribution in [1.29, 1.82) is 0 Å². The fraction of sp³-hybridized carbons (Fsp3) is 0.0323. The molecule has 186 valence electrons. The van der Waals surface area contributed by atoms with Crippen molar-refractivity contribution in [3.8, 4) is 11.5 Å². The summed E-state index contributed by atoms with van der Waals surface area (Å²) in [7, 11) is 1.49. The van der Waals surface area contributed by atoms with E-state index < -0.39 is 0 Å². The Kier molecular flexibility index (Phi) is 6.19. The van der Waals surface area contributed by atoms with Gasteiger partial charge in [0, 0.05) is 26.3 Å². The van der Waals surface area contributed by atoms with Crippen LogP contribution in [0.4, 0.5) is 5.82 Å². The summed E-state index contributed by atoms with van der Waals surface area (Å²) in [6.07, 6.45) is 1.70. The van der Waals surface area contributed by atoms with E-state index in [0.29, 0.717) is 23.0 Å². The van der Waals surface area contributed by atoms with Gasteiger partial charge in [0.1, 0.15) is 17.4 Å². The normalized spacial score (nSPS) is 14.3. The maximum atomic E-state index is 13.7. The zero-order valence-corrected chi connectivity index (χ0v) is 21.3. The predicted octanol–water partition coefficient (Wildman–Crippen LogP) is 6.87. The summed E-state index contributed by atoms with van der Waals surface area (Å²) >= 11 is 1.69. The summed E-state index contributed by atoms with van der Waals surface area (Å²) in [5.41, 5.74) is 2.74. The summed E-state index contributed by atoms with van der Waals surface area (Å²) in [6.45, 7) is 0. The molecule has 2 N–H and O–H groups in total. The number of nitrogens with zero attached hydrogens (tertiary/aromatic N) is 2. The summed E-state index contributed by atoms with van der Waals surface area (Å²) in [5, 5.41) is 10.9. The minimum absolute atomic E-state index is 0.0328. The highest BCUT2D eigenvalue weighted by atomic mass is 32.2. The van der Waals surface area contributed by atoms with Crippen molar-refractivity contribution in [3.05, 3.63) is 120 Å². The number of aromatic amines is 1. The van der Waals surface area contributed by atoms with E-state index in [-0.39, 0.29) is 17.4 Å². The first-order chi connectivity index (χ1) is 18.6. The Hall–Kier alpha value is -4.75. The van der Waals surface area contributed by atoms with Crippen molar-refractivity contribution >= 4 is 46.3 Å². The van der Waals surface area contributed by atoms with Gasteiger partial charge in [-0.05, 0) is 60.2 Å². The molecule has 2 heterocycles. The number of carbonyl (C=O) groups is 1. The number of fused-ring (bicyclic) bond motifs is 1. The van der Waals surface area contributed by atoms with Crippen LogP contribution in [0.1, 0.15) is 11.1 Å². The first-order valence-corrected chi connectivity index (χ1v) is 12.8. The third-order valence-electron chi connectivity index (χ3n) is 6.20. The second-order valence-electron chi connectivity index (χ2n) is 8.72. The SMILES string of the molecule is COc1cc(C=C2N=C(c3ccccc3)N(c3cc4cc(Sc5ccccc5)ccc4[nH]3)C2=O)ccc1O. The molecule has 0 bridgehead atoms. The Balaban J connectivity index is 1.39. The Morgan fingerprint density at radius 2 is 1.66 bits per heavy atom. The molecule has 0 unspecified atom stereocenters. The number of ether oxygens (including phenoxy) is 1. The van der Waals surface area contributed by atoms with Crippen LogP contribution in [-0.4, -0.2) is 28.9 Å². The quantitative estimate of drug-likeness (QED) is 0.241. The smallest absolute Gasteiger partial charge is 0.283 e. The number of methoxy groups -OCH3 is 1. The van der Waals surface area contributed by atoms with Gasteiger partial charge < -0.3 is 14.8 Å². The highest BCUT2D eigenvalue weighted by molar-refractivity contribution is 7.99. The third kappa shape index (κ3) is 4.55. The van der Waals surface area contributed by atoms with Gasteiger partial charge in [-0.2, -0.15) is 0 Å². The standard InChI is InChI=1S/C31H23N3O3S/c1-37-28-17-20(12-15-27(28)35)16-26-31(36)34(30(33-26)21-8-4-2-5-9-21)29-19-22-18-24(13-14-25(22)32-29)38-23-10-6-3-7-11-23/h2-19,32,35H,1H3. The monoisotopic (exact) mass is 517 g/mol. The van der Waals surface area contributed by atoms with Crippen molar-refractivity contribution in [3.63, 3.8) is 0 Å². The average Bonchev–Trinajstić information content (AvgIpc) is 3.51. The summed E-state index contributed by atoms with van der Waals surface area (Å²) in [6, 6.07) is 33.0. The van der Waals surface area contributed by atoms with Gasteiger partial charge in [0.05, 0.1) is 7.11 Å². The van der Waals surface area contributed by atoms with E-state index in [0.717, 1.165) is 26.3 Å². The van der Waals surface area contributed by atoms with Crippen LogP contribution in [0.5, 0.6) is 11.5 Å². The molecule has 4 aromatic carbocycles. The number of aromatic nitrogens is 1. The van der Waals surface area contributed by atoms with Gasteiger partial charge in [-0.3, -0.25) is 4.79 Å². The summed E-state index contributed by atoms with van der Waals surface area (Å²) in [5.74, 6) is 1.29. The largest absolute Gasteiger partial charge is 0.504 e. The van der Waals surface area contributed by atoms with Crippen molar-refractivity contribution in [2.75, 3.05) is 12.0 Å². The van der Waals surface area contributed by atoms with E-state index in [2.05, 4.69) is 29.2 Å². The van der Waals surface area contributed by atoms with Crippen LogP contribution < -0.4 is 9.64 Å². The third-order valence-corrected chi connectivity index (χ3v) is 7.19. The molecule has 1 amide bonds. The van der Waals surface area contributed by atoms with E-state index in [1.165, 1.54) is 13.2 Å². The minimum atomic E-state index is -0.249. The number of amidine groups is 1. The molecule has 6 nitrogen and oxygen atoms in total. The van der Waals surface area contributed by atoms with Gasteiger partial charge in [0.25, 0.3) is 5.91 Å². The number of rotatable bonds is 6. The molecule has 1 aliphatic heterocycles. The van der Waals surface area contributed by atoms with Crippen LogP contribution in [0.2, 0.25) is 0 Å². The van der Waals surface area contributed by atoms with Crippen LogP contribution in [0.3, 0.4) is 0 Å². The molecule has 0 atom stereocenters. The topological polar surface area (TPSA) is 77.9 Å². The lowest BCUT2D eigenvalue weighted by Crippen LogP contribution is -2.32. The first-order valence-electron chi connectivity index (χ1n) is 12.0. The number of phenolic OH excluding ortho intramolecular Hbond substituents is 1. The molecule has 38 heavy (non-hydrogen) atoms. The Morgan fingerprint density at radius 3 is 2.42 bits per heavy atom. The molecule has 5 aromatic rings. The minimum Gasteiger partial charge on any atom is -0.504 e. The number of phenols is 1. The number of anilines is 1. The molecule has 1 aliphatic rings. The van der Waals surface area contributed by atoms with Crippen LogP contribution in [0.15, 0.2) is 124 Å². The zero-order valence-electron chi connectivity index (χ0n) is 20.5. The highest BCUT2D eigenvalue weighted by Crippen LogP contribution is 2.34. The molecule has 0 aliphatic carbocycles. The molecule has 1 aromatic heterocycles. The van der Waals surface area contributed by atoms with Crippen LogP contribution >= 0.6 is 11.8 Å². The van der Waals surface area contributed by atoms with Gasteiger partial charge in [-0.15, -0.1) is 0 Å². The van der Waals surface area contributed by atoms with E-state index in [1.54, 1.807) is 34.9 Å². The van der Waals surface area contributed by atoms with Crippen molar-refractivity contribution in [1.82, 2.24) is 4.98 Å². The molecule has 0 spiro atoms. The first kappa shape index (κ1) is 23.6. The number of hydrogen-bond acceptors (Lipinski definition) is 5. The molecule has 0 fully saturated rings. The molecule has 0 radical (unpaired) electrons. The van der Waals surface area contributed by atoms with Gasteiger partial charge in [-0.1, -0.05) is 66.4 Å². The maximum absolute atomic E-state index is 13.7. The number of nitrogens with one attached hydrogen (secondary N) is 1. The van der Waals surface area contributed by atoms with Gasteiger partial charge >= 0.3 is 0 Å². The van der Waals surface area contributed by atoms with E-state index in [1.807, 2.05) is 60.7 Å². The van der Waals surface area contributed by atoms with Crippen molar-refractivity contribution < 1.29 is 14.6 Å².